The maximum absolute atomic E-state index is 13.5. The Morgan fingerprint density at radius 2 is 0.929 bits per heavy atom. The van der Waals surface area contributed by atoms with Crippen molar-refractivity contribution in [3.8, 4) is 0 Å². The molecule has 0 spiro atoms. The van der Waals surface area contributed by atoms with Gasteiger partial charge in [0.15, 0.2) is 0 Å². The van der Waals surface area contributed by atoms with Gasteiger partial charge in [-0.15, -0.1) is 0 Å². The SMILES string of the molecule is CCCCN1c2ccccc2Sc2cc(/C=C/c3cc(C(=O)OCC)c(/C=C/c4ccc5c(c4)Sc4ccccc4N5CCCC)cc3C(=O)OCC)ccc21. The molecule has 0 aromatic heterocycles. The van der Waals surface area contributed by atoms with Crippen LogP contribution in [-0.2, 0) is 9.47 Å². The predicted octanol–water partition coefficient (Wildman–Crippen LogP) is 13.2. The lowest BCUT2D eigenvalue weighted by atomic mass is 9.96. The molecule has 5 aromatic carbocycles. The number of benzene rings is 5. The zero-order valence-corrected chi connectivity index (χ0v) is 34.2. The fraction of sp³-hybridized carbons (Fsp3) is 0.250. The first-order valence-corrected chi connectivity index (χ1v) is 21.3. The van der Waals surface area contributed by atoms with Crippen LogP contribution in [0.5, 0.6) is 0 Å². The van der Waals surface area contributed by atoms with Gasteiger partial charge in [0.1, 0.15) is 0 Å². The van der Waals surface area contributed by atoms with Crippen molar-refractivity contribution >= 4 is 82.5 Å². The van der Waals surface area contributed by atoms with E-state index in [1.165, 1.54) is 42.3 Å². The molecule has 0 bridgehead atoms. The van der Waals surface area contributed by atoms with Gasteiger partial charge in [0.2, 0.25) is 0 Å². The molecule has 0 atom stereocenters. The first-order valence-electron chi connectivity index (χ1n) is 19.7. The molecule has 5 aromatic rings. The van der Waals surface area contributed by atoms with Crippen LogP contribution >= 0.6 is 23.5 Å². The molecule has 0 amide bonds. The van der Waals surface area contributed by atoms with Gasteiger partial charge in [0.25, 0.3) is 0 Å². The molecule has 2 aliphatic heterocycles. The Balaban J connectivity index is 1.22. The first kappa shape index (κ1) is 39.1. The summed E-state index contributed by atoms with van der Waals surface area (Å²) in [6.45, 7) is 10.4. The van der Waals surface area contributed by atoms with Crippen LogP contribution in [0.1, 0.15) is 96.3 Å². The summed E-state index contributed by atoms with van der Waals surface area (Å²) in [6.07, 6.45) is 12.2. The van der Waals surface area contributed by atoms with Crippen molar-refractivity contribution < 1.29 is 19.1 Å². The molecule has 2 aliphatic rings. The van der Waals surface area contributed by atoms with E-state index in [4.69, 9.17) is 9.47 Å². The summed E-state index contributed by atoms with van der Waals surface area (Å²) < 4.78 is 11.1. The molecule has 286 valence electrons. The van der Waals surface area contributed by atoms with E-state index in [1.807, 2.05) is 24.3 Å². The molecule has 56 heavy (non-hydrogen) atoms. The lowest BCUT2D eigenvalue weighted by molar-refractivity contribution is 0.0511. The van der Waals surface area contributed by atoms with Crippen LogP contribution in [0.2, 0.25) is 0 Å². The molecule has 0 fully saturated rings. The topological polar surface area (TPSA) is 59.1 Å². The number of fused-ring (bicyclic) bond motifs is 4. The van der Waals surface area contributed by atoms with Crippen molar-refractivity contribution in [2.75, 3.05) is 36.1 Å². The van der Waals surface area contributed by atoms with E-state index in [0.29, 0.717) is 22.3 Å². The van der Waals surface area contributed by atoms with Gasteiger partial charge in [-0.2, -0.15) is 0 Å². The Kier molecular flexibility index (Phi) is 12.7. The van der Waals surface area contributed by atoms with Gasteiger partial charge >= 0.3 is 11.9 Å². The minimum absolute atomic E-state index is 0.232. The second kappa shape index (κ2) is 18.2. The van der Waals surface area contributed by atoms with Crippen LogP contribution in [-0.4, -0.2) is 38.2 Å². The average Bonchev–Trinajstić information content (AvgIpc) is 3.22. The van der Waals surface area contributed by atoms with Gasteiger partial charge in [-0.25, -0.2) is 9.59 Å². The van der Waals surface area contributed by atoms with Gasteiger partial charge in [-0.05, 0) is 110 Å². The quantitative estimate of drug-likeness (QED) is 0.0816. The summed E-state index contributed by atoms with van der Waals surface area (Å²) in [5, 5.41) is 0. The van der Waals surface area contributed by atoms with Crippen molar-refractivity contribution in [3.63, 3.8) is 0 Å². The molecule has 0 saturated heterocycles. The molecule has 2 heterocycles. The van der Waals surface area contributed by atoms with E-state index in [1.54, 1.807) is 49.5 Å². The number of para-hydroxylation sites is 2. The van der Waals surface area contributed by atoms with Crippen molar-refractivity contribution in [2.45, 2.75) is 73.0 Å². The molecule has 7 rings (SSSR count). The van der Waals surface area contributed by atoms with E-state index in [-0.39, 0.29) is 13.2 Å². The Labute approximate surface area is 339 Å². The zero-order valence-electron chi connectivity index (χ0n) is 32.5. The van der Waals surface area contributed by atoms with Crippen LogP contribution in [0.25, 0.3) is 24.3 Å². The van der Waals surface area contributed by atoms with E-state index >= 15 is 0 Å². The fourth-order valence-corrected chi connectivity index (χ4v) is 9.36. The highest BCUT2D eigenvalue weighted by Gasteiger charge is 2.25. The van der Waals surface area contributed by atoms with Crippen LogP contribution < -0.4 is 9.80 Å². The molecule has 0 radical (unpaired) electrons. The molecule has 0 unspecified atom stereocenters. The number of rotatable bonds is 14. The van der Waals surface area contributed by atoms with Crippen molar-refractivity contribution in [2.24, 2.45) is 0 Å². The second-order valence-electron chi connectivity index (χ2n) is 13.7. The van der Waals surface area contributed by atoms with Crippen LogP contribution in [0.3, 0.4) is 0 Å². The molecule has 8 heteroatoms. The standard InChI is InChI=1S/C48H48N2O4S2/c1-5-9-27-49-39-15-11-13-17-43(39)55-45-29-33(21-25-41(45)49)19-23-35-31-38(48(52)54-8-4)36(32-37(35)47(51)53-7-3)24-20-34-22-26-42-46(30-34)56-44-18-14-12-16-40(44)50(42)28-10-6-2/h11-26,29-32H,5-10,27-28H2,1-4H3/b23-19+,24-20+. The van der Waals surface area contributed by atoms with Gasteiger partial charge in [-0.3, -0.25) is 0 Å². The molecule has 0 aliphatic carbocycles. The highest BCUT2D eigenvalue weighted by molar-refractivity contribution is 8.00. The summed E-state index contributed by atoms with van der Waals surface area (Å²) in [5.41, 5.74) is 8.79. The number of carbonyl (C=O) groups is 2. The normalized spacial score (nSPS) is 13.0. The molecule has 6 nitrogen and oxygen atoms in total. The van der Waals surface area contributed by atoms with Crippen molar-refractivity contribution in [1.82, 2.24) is 0 Å². The number of esters is 2. The lowest BCUT2D eigenvalue weighted by Crippen LogP contribution is -2.21. The van der Waals surface area contributed by atoms with E-state index in [9.17, 15) is 9.59 Å². The maximum atomic E-state index is 13.5. The Hall–Kier alpha value is -5.18. The monoisotopic (exact) mass is 780 g/mol. The van der Waals surface area contributed by atoms with E-state index < -0.39 is 11.9 Å². The number of unbranched alkanes of at least 4 members (excludes halogenated alkanes) is 2. The summed E-state index contributed by atoms with van der Waals surface area (Å²) >= 11 is 3.55. The van der Waals surface area contributed by atoms with Crippen LogP contribution in [0.15, 0.2) is 117 Å². The average molecular weight is 781 g/mol. The fourth-order valence-electron chi connectivity index (χ4n) is 7.07. The van der Waals surface area contributed by atoms with Gasteiger partial charge in [0.05, 0.1) is 47.1 Å². The number of nitrogens with zero attached hydrogens (tertiary/aromatic N) is 2. The zero-order chi connectivity index (χ0) is 39.0. The summed E-state index contributed by atoms with van der Waals surface area (Å²) in [6, 6.07) is 33.6. The summed E-state index contributed by atoms with van der Waals surface area (Å²) in [5.74, 6) is -0.894. The largest absolute Gasteiger partial charge is 0.462 e. The smallest absolute Gasteiger partial charge is 0.338 e. The van der Waals surface area contributed by atoms with Crippen molar-refractivity contribution in [3.05, 3.63) is 130 Å². The van der Waals surface area contributed by atoms with Crippen LogP contribution in [0.4, 0.5) is 22.7 Å². The van der Waals surface area contributed by atoms with Crippen LogP contribution in [0, 0.1) is 0 Å². The third-order valence-corrected chi connectivity index (χ3v) is 12.1. The highest BCUT2D eigenvalue weighted by atomic mass is 32.2. The van der Waals surface area contributed by atoms with Gasteiger partial charge in [0, 0.05) is 32.7 Å². The van der Waals surface area contributed by atoms with E-state index in [2.05, 4.69) is 109 Å². The number of carbonyl (C=O) groups excluding carboxylic acids is 2. The molecule has 0 N–H and O–H groups in total. The first-order chi connectivity index (χ1) is 27.4. The lowest BCUT2D eigenvalue weighted by Gasteiger charge is -2.33. The second-order valence-corrected chi connectivity index (χ2v) is 15.9. The minimum atomic E-state index is -0.447. The number of hydrogen-bond donors (Lipinski definition) is 0. The third-order valence-electron chi connectivity index (χ3n) is 9.89. The van der Waals surface area contributed by atoms with Gasteiger partial charge < -0.3 is 19.3 Å². The number of ether oxygens (including phenoxy) is 2. The Morgan fingerprint density at radius 3 is 1.34 bits per heavy atom. The Morgan fingerprint density at radius 1 is 0.518 bits per heavy atom. The van der Waals surface area contributed by atoms with Crippen molar-refractivity contribution in [1.29, 1.82) is 0 Å². The van der Waals surface area contributed by atoms with Gasteiger partial charge in [-0.1, -0.05) is 111 Å². The molecular formula is C48H48N2O4S2. The maximum Gasteiger partial charge on any atom is 0.338 e. The minimum Gasteiger partial charge on any atom is -0.462 e. The third kappa shape index (κ3) is 8.47. The Bertz CT molecular complexity index is 2140. The summed E-state index contributed by atoms with van der Waals surface area (Å²) in [4.78, 5) is 36.6. The van der Waals surface area contributed by atoms with E-state index in [0.717, 1.165) is 49.9 Å². The summed E-state index contributed by atoms with van der Waals surface area (Å²) in [7, 11) is 0. The highest BCUT2D eigenvalue weighted by Crippen LogP contribution is 2.50. The molecule has 0 saturated carbocycles. The number of hydrogen-bond acceptors (Lipinski definition) is 8. The molecular weight excluding hydrogens is 733 g/mol. The number of anilines is 4. The predicted molar refractivity (Wildman–Crippen MR) is 234 cm³/mol.